The third kappa shape index (κ3) is 20.4. The van der Waals surface area contributed by atoms with Gasteiger partial charge >= 0.3 is 0 Å². The molecule has 0 aliphatic heterocycles. The SMILES string of the molecule is CC(C)(C)c1cc(CCC(=O)Nc2ccc(O)cc2)cc(C(C)(C)C)c1O.CC(C)(C)c1cc(CCC(=O)Nc2ccc(O)cc2)ccc1O.CCOc1ccc(NC(=O)CCc2cc(C(C)(C)C)c(O)c(C(C)(C)C)c2)cc1. The van der Waals surface area contributed by atoms with Crippen molar-refractivity contribution in [3.8, 4) is 34.5 Å². The Morgan fingerprint density at radius 2 is 0.658 bits per heavy atom. The number of ether oxygens (including phenoxy) is 1. The number of aryl methyl sites for hydroxylation is 3. The molecule has 0 atom stereocenters. The van der Waals surface area contributed by atoms with E-state index in [4.69, 9.17) is 4.74 Å². The van der Waals surface area contributed by atoms with Crippen LogP contribution in [0, 0.1) is 0 Å². The Labute approximate surface area is 470 Å². The van der Waals surface area contributed by atoms with Crippen molar-refractivity contribution in [2.75, 3.05) is 22.6 Å². The number of amides is 3. The zero-order valence-corrected chi connectivity index (χ0v) is 49.8. The first kappa shape index (κ1) is 64.1. The van der Waals surface area contributed by atoms with E-state index in [1.54, 1.807) is 42.5 Å². The minimum atomic E-state index is -0.186. The number of anilines is 3. The molecule has 0 saturated heterocycles. The number of hydrogen-bond acceptors (Lipinski definition) is 9. The predicted octanol–water partition coefficient (Wildman–Crippen LogP) is 15.2. The van der Waals surface area contributed by atoms with Crippen molar-refractivity contribution in [2.45, 2.75) is 176 Å². The molecule has 0 aromatic heterocycles. The molecule has 12 nitrogen and oxygen atoms in total. The summed E-state index contributed by atoms with van der Waals surface area (Å²) in [5.41, 5.74) is 8.89. The van der Waals surface area contributed by atoms with Gasteiger partial charge in [-0.15, -0.1) is 0 Å². The number of phenols is 5. The van der Waals surface area contributed by atoms with Gasteiger partial charge in [-0.1, -0.05) is 140 Å². The highest BCUT2D eigenvalue weighted by molar-refractivity contribution is 5.92. The van der Waals surface area contributed by atoms with Gasteiger partial charge < -0.3 is 46.2 Å². The molecule has 6 aromatic rings. The number of carbonyl (C=O) groups excluding carboxylic acids is 3. The third-order valence-corrected chi connectivity index (χ3v) is 13.1. The normalized spacial score (nSPS) is 11.8. The summed E-state index contributed by atoms with van der Waals surface area (Å²) in [6.07, 6.45) is 2.90. The number of benzene rings is 6. The zero-order valence-electron chi connectivity index (χ0n) is 49.8. The summed E-state index contributed by atoms with van der Waals surface area (Å²) in [4.78, 5) is 36.7. The molecule has 0 unspecified atom stereocenters. The quantitative estimate of drug-likeness (QED) is 0.0489. The molecule has 79 heavy (non-hydrogen) atoms. The first-order chi connectivity index (χ1) is 36.5. The van der Waals surface area contributed by atoms with Crippen LogP contribution in [0.4, 0.5) is 17.1 Å². The number of nitrogens with one attached hydrogen (secondary N) is 3. The molecule has 0 spiro atoms. The van der Waals surface area contributed by atoms with E-state index in [0.717, 1.165) is 55.9 Å². The van der Waals surface area contributed by atoms with E-state index >= 15 is 0 Å². The van der Waals surface area contributed by atoms with Crippen molar-refractivity contribution in [3.63, 3.8) is 0 Å². The molecule has 0 fully saturated rings. The highest BCUT2D eigenvalue weighted by atomic mass is 16.5. The van der Waals surface area contributed by atoms with Crippen molar-refractivity contribution in [1.29, 1.82) is 0 Å². The topological polar surface area (TPSA) is 198 Å². The van der Waals surface area contributed by atoms with Crippen LogP contribution in [0.1, 0.15) is 175 Å². The lowest BCUT2D eigenvalue weighted by atomic mass is 9.78. The predicted molar refractivity (Wildman–Crippen MR) is 322 cm³/mol. The fourth-order valence-electron chi connectivity index (χ4n) is 8.64. The largest absolute Gasteiger partial charge is 0.508 e. The molecule has 6 aromatic carbocycles. The molecule has 0 radical (unpaired) electrons. The van der Waals surface area contributed by atoms with Crippen LogP contribution in [-0.2, 0) is 60.7 Å². The fourth-order valence-corrected chi connectivity index (χ4v) is 8.64. The van der Waals surface area contributed by atoms with Gasteiger partial charge in [-0.3, -0.25) is 14.4 Å². The maximum Gasteiger partial charge on any atom is 0.224 e. The highest BCUT2D eigenvalue weighted by Crippen LogP contribution is 2.42. The molecule has 426 valence electrons. The van der Waals surface area contributed by atoms with Crippen molar-refractivity contribution < 1.29 is 44.7 Å². The number of aromatic hydroxyl groups is 5. The standard InChI is InChI=1S/C25H35NO3.C23H31NO3.C19H23NO3/c1-8-29-19-12-10-18(11-13-19)26-22(27)14-9-17-15-20(24(2,3)4)23(28)21(16-17)25(5,6)7;1-22(2,3)18-13-15(14-19(21(18)27)23(4,5)6)7-12-20(26)24-16-8-10-17(25)11-9-16;1-19(2,3)16-12-13(4-10-17(16)22)5-11-18(23)20-14-6-8-15(21)9-7-14/h10-13,15-16,28H,8-9,14H2,1-7H3,(H,26,27);8-11,13-14,25,27H,7,12H2,1-6H3,(H,24,26);4,6-10,12,21-22H,5,11H2,1-3H3,(H,20,23). The minimum absolute atomic E-state index is 0.0307. The second kappa shape index (κ2) is 26.9. The molecule has 0 aliphatic carbocycles. The van der Waals surface area contributed by atoms with Crippen molar-refractivity contribution in [3.05, 3.63) is 160 Å². The Kier molecular flexibility index (Phi) is 21.8. The fraction of sp³-hybridized carbons (Fsp3) is 0.418. The third-order valence-electron chi connectivity index (χ3n) is 13.1. The van der Waals surface area contributed by atoms with E-state index in [2.05, 4.69) is 99.0 Å². The summed E-state index contributed by atoms with van der Waals surface area (Å²) in [5, 5.41) is 58.7. The summed E-state index contributed by atoms with van der Waals surface area (Å²) in [6.45, 7) is 33.7. The van der Waals surface area contributed by atoms with Crippen LogP contribution < -0.4 is 20.7 Å². The maximum absolute atomic E-state index is 12.4. The molecule has 0 bridgehead atoms. The van der Waals surface area contributed by atoms with Gasteiger partial charge in [-0.2, -0.15) is 0 Å². The average molecular weight is 1080 g/mol. The van der Waals surface area contributed by atoms with Gasteiger partial charge in [-0.25, -0.2) is 0 Å². The molecular weight excluding hydrogens is 991 g/mol. The Bertz CT molecular complexity index is 2910. The number of phenolic OH excluding ortho intramolecular Hbond substituents is 5. The lowest BCUT2D eigenvalue weighted by Gasteiger charge is -2.28. The summed E-state index contributed by atoms with van der Waals surface area (Å²) in [5.74, 6) is 1.94. The molecule has 12 heteroatoms. The first-order valence-corrected chi connectivity index (χ1v) is 27.3. The first-order valence-electron chi connectivity index (χ1n) is 27.3. The van der Waals surface area contributed by atoms with Gasteiger partial charge in [-0.05, 0) is 177 Å². The van der Waals surface area contributed by atoms with Crippen LogP contribution in [0.3, 0.4) is 0 Å². The lowest BCUT2D eigenvalue weighted by molar-refractivity contribution is -0.117. The van der Waals surface area contributed by atoms with Gasteiger partial charge in [0.1, 0.15) is 34.5 Å². The van der Waals surface area contributed by atoms with Gasteiger partial charge in [0.2, 0.25) is 17.7 Å². The lowest BCUT2D eigenvalue weighted by Crippen LogP contribution is -2.18. The Hall–Kier alpha value is -7.47. The van der Waals surface area contributed by atoms with Crippen molar-refractivity contribution >= 4 is 34.8 Å². The van der Waals surface area contributed by atoms with E-state index in [1.807, 2.05) is 88.4 Å². The van der Waals surface area contributed by atoms with E-state index in [0.29, 0.717) is 68.0 Å². The smallest absolute Gasteiger partial charge is 0.224 e. The van der Waals surface area contributed by atoms with Crippen LogP contribution in [0.15, 0.2) is 115 Å². The molecular formula is C67H89N3O9. The molecule has 8 N–H and O–H groups in total. The van der Waals surface area contributed by atoms with E-state index in [-0.39, 0.29) is 62.0 Å². The molecule has 0 aliphatic rings. The Morgan fingerprint density at radius 3 is 0.949 bits per heavy atom. The number of rotatable bonds is 14. The molecule has 3 amide bonds. The van der Waals surface area contributed by atoms with Crippen LogP contribution in [0.25, 0.3) is 0 Å². The van der Waals surface area contributed by atoms with Crippen LogP contribution in [-0.4, -0.2) is 49.9 Å². The van der Waals surface area contributed by atoms with Gasteiger partial charge in [0.25, 0.3) is 0 Å². The second-order valence-electron chi connectivity index (χ2n) is 25.4. The molecule has 6 rings (SSSR count). The zero-order chi connectivity index (χ0) is 59.3. The van der Waals surface area contributed by atoms with Crippen molar-refractivity contribution in [2.24, 2.45) is 0 Å². The van der Waals surface area contributed by atoms with Gasteiger partial charge in [0.05, 0.1) is 6.61 Å². The number of hydrogen-bond donors (Lipinski definition) is 8. The van der Waals surface area contributed by atoms with Crippen LogP contribution >= 0.6 is 0 Å². The summed E-state index contributed by atoms with van der Waals surface area (Å²) in [7, 11) is 0. The monoisotopic (exact) mass is 1080 g/mol. The van der Waals surface area contributed by atoms with E-state index < -0.39 is 0 Å². The molecule has 0 heterocycles. The minimum Gasteiger partial charge on any atom is -0.508 e. The van der Waals surface area contributed by atoms with E-state index in [1.165, 1.54) is 12.1 Å². The summed E-state index contributed by atoms with van der Waals surface area (Å²) >= 11 is 0. The van der Waals surface area contributed by atoms with Gasteiger partial charge in [0.15, 0.2) is 0 Å². The van der Waals surface area contributed by atoms with Gasteiger partial charge in [0, 0.05) is 36.3 Å². The Balaban J connectivity index is 0.000000257. The van der Waals surface area contributed by atoms with Crippen LogP contribution in [0.5, 0.6) is 34.5 Å². The number of carbonyl (C=O) groups is 3. The molecule has 0 saturated carbocycles. The highest BCUT2D eigenvalue weighted by Gasteiger charge is 2.28. The van der Waals surface area contributed by atoms with Crippen LogP contribution in [0.2, 0.25) is 0 Å². The second-order valence-corrected chi connectivity index (χ2v) is 25.4. The Morgan fingerprint density at radius 1 is 0.380 bits per heavy atom. The maximum atomic E-state index is 12.4. The summed E-state index contributed by atoms with van der Waals surface area (Å²) in [6, 6.07) is 33.8. The summed E-state index contributed by atoms with van der Waals surface area (Å²) < 4.78 is 5.42. The van der Waals surface area contributed by atoms with E-state index in [9.17, 15) is 39.9 Å². The van der Waals surface area contributed by atoms with Crippen molar-refractivity contribution in [1.82, 2.24) is 0 Å². The average Bonchev–Trinajstić information content (AvgIpc) is 3.39.